The maximum Gasteiger partial charge on any atom is 0.274 e. The van der Waals surface area contributed by atoms with E-state index >= 15 is 0 Å². The lowest BCUT2D eigenvalue weighted by Gasteiger charge is -2.14. The van der Waals surface area contributed by atoms with Crippen LogP contribution < -0.4 is 20.2 Å². The lowest BCUT2D eigenvalue weighted by molar-refractivity contribution is 0.0947. The van der Waals surface area contributed by atoms with Gasteiger partial charge < -0.3 is 24.2 Å². The molecule has 0 aromatic carbocycles. The first-order chi connectivity index (χ1) is 17.0. The van der Waals surface area contributed by atoms with Crippen molar-refractivity contribution in [2.75, 3.05) is 13.3 Å². The summed E-state index contributed by atoms with van der Waals surface area (Å²) in [6.07, 6.45) is 5.43. The minimum Gasteiger partial charge on any atom is -0.453 e. The Bertz CT molecular complexity index is 1620. The number of aromatic nitrogens is 3. The van der Waals surface area contributed by atoms with Crippen molar-refractivity contribution < 1.29 is 14.1 Å². The van der Waals surface area contributed by atoms with E-state index in [-0.39, 0.29) is 17.5 Å². The Morgan fingerprint density at radius 1 is 1.25 bits per heavy atom. The molecule has 8 nitrogen and oxygen atoms in total. The van der Waals surface area contributed by atoms with Crippen LogP contribution >= 0.6 is 18.5 Å². The van der Waals surface area contributed by atoms with Crippen LogP contribution in [0.2, 0.25) is 0 Å². The van der Waals surface area contributed by atoms with Gasteiger partial charge in [-0.1, -0.05) is 0 Å². The van der Waals surface area contributed by atoms with E-state index in [1.165, 1.54) is 15.9 Å². The van der Waals surface area contributed by atoms with Crippen molar-refractivity contribution >= 4 is 39.9 Å². The number of aryl methyl sites for hydroxylation is 3. The standard InChI is InChI=1S/C26H29N4O4PS/c1-13-9-10-27-15(3)21(13)34-22-14(2)26(35(5,6)33)36-23(22)18-12-30(4)25(32)20-17(18)11-19(29-20)24(31)28-16-7-8-16/h9-12,16,29H,7-8H2,1-6H3,(H,28,31). The lowest BCUT2D eigenvalue weighted by atomic mass is 10.1. The predicted molar refractivity (Wildman–Crippen MR) is 145 cm³/mol. The molecule has 188 valence electrons. The lowest BCUT2D eigenvalue weighted by Crippen LogP contribution is -2.25. The molecule has 1 aliphatic carbocycles. The van der Waals surface area contributed by atoms with E-state index in [0.717, 1.165) is 44.7 Å². The Morgan fingerprint density at radius 3 is 2.61 bits per heavy atom. The Morgan fingerprint density at radius 2 is 1.97 bits per heavy atom. The number of carbonyl (C=O) groups is 1. The van der Waals surface area contributed by atoms with Crippen molar-refractivity contribution in [2.24, 2.45) is 7.05 Å². The molecular formula is C26H29N4O4PS. The first kappa shape index (κ1) is 24.5. The quantitative estimate of drug-likeness (QED) is 0.351. The van der Waals surface area contributed by atoms with E-state index in [1.807, 2.05) is 26.8 Å². The summed E-state index contributed by atoms with van der Waals surface area (Å²) >= 11 is 1.41. The van der Waals surface area contributed by atoms with E-state index in [0.29, 0.717) is 28.1 Å². The van der Waals surface area contributed by atoms with E-state index in [9.17, 15) is 14.2 Å². The summed E-state index contributed by atoms with van der Waals surface area (Å²) in [4.78, 5) is 33.9. The molecule has 0 atom stereocenters. The van der Waals surface area contributed by atoms with Crippen LogP contribution in [0, 0.1) is 20.8 Å². The summed E-state index contributed by atoms with van der Waals surface area (Å²) in [5.74, 6) is 1.01. The summed E-state index contributed by atoms with van der Waals surface area (Å²) in [6.45, 7) is 9.24. The molecule has 4 aromatic rings. The van der Waals surface area contributed by atoms with Gasteiger partial charge in [0.25, 0.3) is 11.5 Å². The van der Waals surface area contributed by atoms with Gasteiger partial charge in [-0.25, -0.2) is 0 Å². The van der Waals surface area contributed by atoms with Crippen molar-refractivity contribution in [3.05, 3.63) is 57.4 Å². The van der Waals surface area contributed by atoms with Crippen LogP contribution in [0.15, 0.2) is 29.3 Å². The Labute approximate surface area is 213 Å². The highest BCUT2D eigenvalue weighted by molar-refractivity contribution is 7.76. The van der Waals surface area contributed by atoms with Gasteiger partial charge in [0.2, 0.25) is 0 Å². The number of aromatic amines is 1. The molecule has 4 heterocycles. The van der Waals surface area contributed by atoms with Crippen molar-refractivity contribution in [3.63, 3.8) is 0 Å². The minimum absolute atomic E-state index is 0.197. The van der Waals surface area contributed by atoms with Crippen LogP contribution in [0.5, 0.6) is 11.5 Å². The summed E-state index contributed by atoms with van der Waals surface area (Å²) < 4.78 is 22.0. The SMILES string of the molecule is Cc1ccnc(C)c1Oc1c(-c2cn(C)c(=O)c3[nH]c(C(=O)NC4CC4)cc23)sc(P(C)(C)=O)c1C. The van der Waals surface area contributed by atoms with Gasteiger partial charge in [0.1, 0.15) is 24.1 Å². The van der Waals surface area contributed by atoms with Crippen LogP contribution in [0.1, 0.15) is 40.2 Å². The van der Waals surface area contributed by atoms with Crippen LogP contribution in [0.4, 0.5) is 0 Å². The summed E-state index contributed by atoms with van der Waals surface area (Å²) in [7, 11) is -0.951. The predicted octanol–water partition coefficient (Wildman–Crippen LogP) is 4.85. The van der Waals surface area contributed by atoms with Crippen molar-refractivity contribution in [3.8, 4) is 21.9 Å². The maximum absolute atomic E-state index is 13.2. The van der Waals surface area contributed by atoms with Crippen LogP contribution in [0.25, 0.3) is 21.3 Å². The van der Waals surface area contributed by atoms with E-state index in [4.69, 9.17) is 4.74 Å². The van der Waals surface area contributed by atoms with Gasteiger partial charge in [-0.15, -0.1) is 11.3 Å². The first-order valence-corrected chi connectivity index (χ1v) is 15.2. The minimum atomic E-state index is -2.63. The second-order valence-corrected chi connectivity index (χ2v) is 14.3. The molecule has 0 saturated heterocycles. The number of hydrogen-bond acceptors (Lipinski definition) is 6. The zero-order valence-corrected chi connectivity index (χ0v) is 22.9. The third-order valence-electron chi connectivity index (χ3n) is 6.41. The van der Waals surface area contributed by atoms with Crippen molar-refractivity contribution in [1.82, 2.24) is 19.9 Å². The molecule has 1 amide bonds. The second kappa shape index (κ2) is 8.75. The molecule has 2 N–H and O–H groups in total. The normalized spacial score (nSPS) is 13.8. The van der Waals surface area contributed by atoms with Gasteiger partial charge in [-0.05, 0) is 64.6 Å². The van der Waals surface area contributed by atoms with Crippen LogP contribution in [-0.2, 0) is 11.6 Å². The summed E-state index contributed by atoms with van der Waals surface area (Å²) in [5.41, 5.74) is 3.67. The number of rotatable bonds is 6. The highest BCUT2D eigenvalue weighted by Gasteiger charge is 2.29. The van der Waals surface area contributed by atoms with Crippen LogP contribution in [-0.4, -0.2) is 39.8 Å². The highest BCUT2D eigenvalue weighted by Crippen LogP contribution is 2.50. The van der Waals surface area contributed by atoms with Gasteiger partial charge in [0, 0.05) is 42.0 Å². The fraction of sp³-hybridized carbons (Fsp3) is 0.346. The maximum atomic E-state index is 13.2. The van der Waals surface area contributed by atoms with Crippen LogP contribution in [0.3, 0.4) is 0 Å². The Hall–Kier alpha value is -3.16. The zero-order chi connectivity index (χ0) is 25.9. The molecule has 0 radical (unpaired) electrons. The Kier molecular flexibility index (Phi) is 5.96. The smallest absolute Gasteiger partial charge is 0.274 e. The number of H-pyrrole nitrogens is 1. The second-order valence-electron chi connectivity index (χ2n) is 9.86. The molecule has 4 aromatic heterocycles. The monoisotopic (exact) mass is 524 g/mol. The van der Waals surface area contributed by atoms with E-state index in [2.05, 4.69) is 15.3 Å². The molecule has 0 unspecified atom stereocenters. The van der Waals surface area contributed by atoms with Gasteiger partial charge >= 0.3 is 0 Å². The number of fused-ring (bicyclic) bond motifs is 1. The summed E-state index contributed by atoms with van der Waals surface area (Å²) in [5, 5.41) is 3.59. The number of ether oxygens (including phenoxy) is 1. The molecule has 5 rings (SSSR count). The fourth-order valence-corrected chi connectivity index (χ4v) is 7.43. The van der Waals surface area contributed by atoms with Crippen molar-refractivity contribution in [2.45, 2.75) is 39.7 Å². The van der Waals surface area contributed by atoms with Gasteiger partial charge in [0.05, 0.1) is 15.2 Å². The molecule has 1 saturated carbocycles. The molecule has 0 aliphatic heterocycles. The largest absolute Gasteiger partial charge is 0.453 e. The third kappa shape index (κ3) is 4.31. The van der Waals surface area contributed by atoms with Crippen molar-refractivity contribution in [1.29, 1.82) is 0 Å². The average Bonchev–Trinajstić information content (AvgIpc) is 3.38. The zero-order valence-electron chi connectivity index (χ0n) is 21.2. The topological polar surface area (TPSA) is 106 Å². The number of hydrogen-bond donors (Lipinski definition) is 2. The number of amides is 1. The van der Waals surface area contributed by atoms with Gasteiger partial charge in [0.15, 0.2) is 5.75 Å². The van der Waals surface area contributed by atoms with Gasteiger partial charge in [-0.3, -0.25) is 14.6 Å². The molecule has 1 aliphatic rings. The number of pyridine rings is 2. The van der Waals surface area contributed by atoms with E-state index in [1.54, 1.807) is 38.8 Å². The third-order valence-corrected chi connectivity index (χ3v) is 10.4. The van der Waals surface area contributed by atoms with Gasteiger partial charge in [-0.2, -0.15) is 0 Å². The first-order valence-electron chi connectivity index (χ1n) is 11.8. The summed E-state index contributed by atoms with van der Waals surface area (Å²) in [6, 6.07) is 3.81. The van der Waals surface area contributed by atoms with E-state index < -0.39 is 7.14 Å². The molecule has 10 heteroatoms. The molecule has 1 fully saturated rings. The molecule has 0 bridgehead atoms. The highest BCUT2D eigenvalue weighted by atomic mass is 32.1. The average molecular weight is 525 g/mol. The number of thiophene rings is 1. The molecular weight excluding hydrogens is 495 g/mol. The molecule has 36 heavy (non-hydrogen) atoms. The molecule has 0 spiro atoms. The fourth-order valence-electron chi connectivity index (χ4n) is 4.37. The number of carbonyl (C=O) groups excluding carboxylic acids is 1. The number of nitrogens with one attached hydrogen (secondary N) is 2. The Balaban J connectivity index is 1.75. The number of nitrogens with zero attached hydrogens (tertiary/aromatic N) is 2.